The first-order valence-corrected chi connectivity index (χ1v) is 9.45. The molecule has 24 heavy (non-hydrogen) atoms. The predicted molar refractivity (Wildman–Crippen MR) is 100 cm³/mol. The molecule has 1 fully saturated rings. The van der Waals surface area contributed by atoms with Crippen LogP contribution in [0.4, 0.5) is 0 Å². The fraction of sp³-hybridized carbons (Fsp3) is 0.350. The molecule has 0 aliphatic carbocycles. The summed E-state index contributed by atoms with van der Waals surface area (Å²) in [4.78, 5) is 7.15. The van der Waals surface area contributed by atoms with Crippen LogP contribution in [0.5, 0.6) is 10.9 Å². The van der Waals surface area contributed by atoms with Gasteiger partial charge in [0.1, 0.15) is 5.75 Å². The number of fused-ring (bicyclic) bond motifs is 1. The van der Waals surface area contributed by atoms with Crippen molar-refractivity contribution in [3.05, 3.63) is 53.6 Å². The molecule has 0 radical (unpaired) electrons. The summed E-state index contributed by atoms with van der Waals surface area (Å²) >= 11 is 1.60. The zero-order chi connectivity index (χ0) is 16.4. The molecule has 0 spiro atoms. The highest BCUT2D eigenvalue weighted by Gasteiger charge is 2.11. The molecule has 4 rings (SSSR count). The number of thiazole rings is 1. The minimum atomic E-state index is 0.711. The van der Waals surface area contributed by atoms with Gasteiger partial charge < -0.3 is 4.74 Å². The van der Waals surface area contributed by atoms with Crippen LogP contribution in [0.1, 0.15) is 30.4 Å². The molecule has 1 aromatic heterocycles. The van der Waals surface area contributed by atoms with E-state index in [1.807, 2.05) is 0 Å². The van der Waals surface area contributed by atoms with Crippen molar-refractivity contribution in [2.45, 2.75) is 32.7 Å². The number of aromatic nitrogens is 1. The van der Waals surface area contributed by atoms with Gasteiger partial charge in [-0.1, -0.05) is 42.0 Å². The Balaban J connectivity index is 1.45. The first kappa shape index (κ1) is 15.6. The molecule has 1 aliphatic rings. The van der Waals surface area contributed by atoms with E-state index in [2.05, 4.69) is 59.3 Å². The molecule has 0 atom stereocenters. The topological polar surface area (TPSA) is 25.4 Å². The van der Waals surface area contributed by atoms with Crippen LogP contribution in [-0.4, -0.2) is 23.0 Å². The number of aryl methyl sites for hydroxylation is 1. The highest BCUT2D eigenvalue weighted by Crippen LogP contribution is 2.32. The maximum Gasteiger partial charge on any atom is 0.279 e. The fourth-order valence-electron chi connectivity index (χ4n) is 3.25. The lowest BCUT2D eigenvalue weighted by Gasteiger charge is -2.26. The van der Waals surface area contributed by atoms with Crippen LogP contribution in [0.25, 0.3) is 10.2 Å². The summed E-state index contributed by atoms with van der Waals surface area (Å²) in [6, 6.07) is 14.7. The Hall–Kier alpha value is -1.91. The van der Waals surface area contributed by atoms with Crippen molar-refractivity contribution in [2.24, 2.45) is 0 Å². The minimum absolute atomic E-state index is 0.711. The van der Waals surface area contributed by atoms with Gasteiger partial charge >= 0.3 is 0 Å². The van der Waals surface area contributed by atoms with Gasteiger partial charge in [0.15, 0.2) is 0 Å². The average Bonchev–Trinajstić information content (AvgIpc) is 3.02. The minimum Gasteiger partial charge on any atom is -0.431 e. The molecular weight excluding hydrogens is 316 g/mol. The second-order valence-electron chi connectivity index (χ2n) is 6.48. The number of hydrogen-bond donors (Lipinski definition) is 0. The molecule has 3 nitrogen and oxygen atoms in total. The molecule has 0 bridgehead atoms. The maximum atomic E-state index is 5.96. The average molecular weight is 338 g/mol. The van der Waals surface area contributed by atoms with Crippen molar-refractivity contribution < 1.29 is 4.74 Å². The summed E-state index contributed by atoms with van der Waals surface area (Å²) in [6.07, 6.45) is 4.04. The van der Waals surface area contributed by atoms with E-state index in [-0.39, 0.29) is 0 Å². The zero-order valence-electron chi connectivity index (χ0n) is 14.0. The van der Waals surface area contributed by atoms with E-state index in [9.17, 15) is 0 Å². The van der Waals surface area contributed by atoms with Gasteiger partial charge in [-0.25, -0.2) is 4.98 Å². The first-order chi connectivity index (χ1) is 11.8. The molecule has 124 valence electrons. The largest absolute Gasteiger partial charge is 0.431 e. The molecule has 2 heterocycles. The Morgan fingerprint density at radius 3 is 2.58 bits per heavy atom. The number of piperidine rings is 1. The van der Waals surface area contributed by atoms with Crippen molar-refractivity contribution in [2.75, 3.05) is 13.1 Å². The number of likely N-dealkylation sites (tertiary alicyclic amines) is 1. The molecule has 0 saturated carbocycles. The van der Waals surface area contributed by atoms with Crippen LogP contribution in [-0.2, 0) is 6.54 Å². The van der Waals surface area contributed by atoms with E-state index in [1.165, 1.54) is 48.2 Å². The predicted octanol–water partition coefficient (Wildman–Crippen LogP) is 5.38. The number of hydrogen-bond acceptors (Lipinski definition) is 4. The third kappa shape index (κ3) is 3.45. The van der Waals surface area contributed by atoms with Crippen molar-refractivity contribution in [1.29, 1.82) is 0 Å². The van der Waals surface area contributed by atoms with Crippen molar-refractivity contribution >= 4 is 21.6 Å². The molecule has 2 aromatic carbocycles. The standard InChI is InChI=1S/C20H22N2OS/c1-15-6-5-7-18-19(15)21-20(24-18)23-17-10-8-16(9-11-17)14-22-12-3-2-4-13-22/h5-11H,2-4,12-14H2,1H3. The Bertz CT molecular complexity index is 819. The summed E-state index contributed by atoms with van der Waals surface area (Å²) in [5.41, 5.74) is 3.58. The van der Waals surface area contributed by atoms with E-state index < -0.39 is 0 Å². The number of ether oxygens (including phenoxy) is 1. The Labute approximate surface area is 146 Å². The summed E-state index contributed by atoms with van der Waals surface area (Å²) in [6.45, 7) is 5.58. The zero-order valence-corrected chi connectivity index (χ0v) is 14.8. The summed E-state index contributed by atoms with van der Waals surface area (Å²) in [5, 5.41) is 0.711. The van der Waals surface area contributed by atoms with E-state index >= 15 is 0 Å². The van der Waals surface area contributed by atoms with E-state index in [0.717, 1.165) is 17.8 Å². The molecule has 1 saturated heterocycles. The van der Waals surface area contributed by atoms with Gasteiger partial charge in [-0.05, 0) is 62.2 Å². The van der Waals surface area contributed by atoms with E-state index in [0.29, 0.717) is 5.19 Å². The van der Waals surface area contributed by atoms with Gasteiger partial charge in [0.2, 0.25) is 0 Å². The molecule has 0 amide bonds. The van der Waals surface area contributed by atoms with Gasteiger partial charge in [-0.15, -0.1) is 0 Å². The van der Waals surface area contributed by atoms with Crippen LogP contribution in [0, 0.1) is 6.92 Å². The maximum absolute atomic E-state index is 5.96. The molecule has 0 unspecified atom stereocenters. The third-order valence-electron chi connectivity index (χ3n) is 4.58. The lowest BCUT2D eigenvalue weighted by molar-refractivity contribution is 0.221. The second-order valence-corrected chi connectivity index (χ2v) is 7.48. The SMILES string of the molecule is Cc1cccc2sc(Oc3ccc(CN4CCCCC4)cc3)nc12. The lowest BCUT2D eigenvalue weighted by Crippen LogP contribution is -2.28. The molecule has 0 N–H and O–H groups in total. The van der Waals surface area contributed by atoms with Crippen LogP contribution >= 0.6 is 11.3 Å². The van der Waals surface area contributed by atoms with Crippen LogP contribution in [0.15, 0.2) is 42.5 Å². The Morgan fingerprint density at radius 1 is 1.04 bits per heavy atom. The number of rotatable bonds is 4. The van der Waals surface area contributed by atoms with Crippen molar-refractivity contribution in [1.82, 2.24) is 9.88 Å². The van der Waals surface area contributed by atoms with Gasteiger partial charge in [-0.2, -0.15) is 0 Å². The third-order valence-corrected chi connectivity index (χ3v) is 5.48. The van der Waals surface area contributed by atoms with Gasteiger partial charge in [0.25, 0.3) is 5.19 Å². The summed E-state index contributed by atoms with van der Waals surface area (Å²) in [5.74, 6) is 0.856. The number of benzene rings is 2. The Morgan fingerprint density at radius 2 is 1.83 bits per heavy atom. The normalized spacial score (nSPS) is 15.7. The molecule has 4 heteroatoms. The van der Waals surface area contributed by atoms with Gasteiger partial charge in [0, 0.05) is 6.54 Å². The fourth-order valence-corrected chi connectivity index (χ4v) is 4.16. The van der Waals surface area contributed by atoms with E-state index in [4.69, 9.17) is 4.74 Å². The van der Waals surface area contributed by atoms with Crippen molar-refractivity contribution in [3.63, 3.8) is 0 Å². The highest BCUT2D eigenvalue weighted by atomic mass is 32.1. The summed E-state index contributed by atoms with van der Waals surface area (Å²) < 4.78 is 7.13. The summed E-state index contributed by atoms with van der Waals surface area (Å²) in [7, 11) is 0. The number of nitrogens with zero attached hydrogens (tertiary/aromatic N) is 2. The smallest absolute Gasteiger partial charge is 0.279 e. The molecule has 3 aromatic rings. The van der Waals surface area contributed by atoms with Gasteiger partial charge in [0.05, 0.1) is 10.2 Å². The highest BCUT2D eigenvalue weighted by molar-refractivity contribution is 7.20. The van der Waals surface area contributed by atoms with Crippen LogP contribution < -0.4 is 4.74 Å². The molecule has 1 aliphatic heterocycles. The monoisotopic (exact) mass is 338 g/mol. The van der Waals surface area contributed by atoms with Crippen LogP contribution in [0.3, 0.4) is 0 Å². The quantitative estimate of drug-likeness (QED) is 0.638. The Kier molecular flexibility index (Phi) is 4.50. The van der Waals surface area contributed by atoms with Gasteiger partial charge in [-0.3, -0.25) is 4.90 Å². The first-order valence-electron chi connectivity index (χ1n) is 8.63. The lowest BCUT2D eigenvalue weighted by atomic mass is 10.1. The van der Waals surface area contributed by atoms with E-state index in [1.54, 1.807) is 11.3 Å². The second kappa shape index (κ2) is 6.91. The van der Waals surface area contributed by atoms with Crippen molar-refractivity contribution in [3.8, 4) is 10.9 Å². The van der Waals surface area contributed by atoms with Crippen LogP contribution in [0.2, 0.25) is 0 Å². The number of para-hydroxylation sites is 1. The molecular formula is C20H22N2OS.